The van der Waals surface area contributed by atoms with E-state index in [0.717, 1.165) is 25.0 Å². The number of anilines is 1. The van der Waals surface area contributed by atoms with E-state index < -0.39 is 11.6 Å². The summed E-state index contributed by atoms with van der Waals surface area (Å²) in [5.41, 5.74) is -0.523. The van der Waals surface area contributed by atoms with Gasteiger partial charge in [-0.2, -0.15) is 0 Å². The summed E-state index contributed by atoms with van der Waals surface area (Å²) in [7, 11) is 1.64. The summed E-state index contributed by atoms with van der Waals surface area (Å²) in [6.07, 6.45) is 1.50. The molecule has 0 radical (unpaired) electrons. The first kappa shape index (κ1) is 17.4. The Morgan fingerprint density at radius 2 is 1.76 bits per heavy atom. The fourth-order valence-corrected chi connectivity index (χ4v) is 1.82. The zero-order chi connectivity index (χ0) is 16.2. The Labute approximate surface area is 125 Å². The van der Waals surface area contributed by atoms with Gasteiger partial charge in [0.15, 0.2) is 0 Å². The van der Waals surface area contributed by atoms with Crippen LogP contribution in [0.4, 0.5) is 14.5 Å². The number of amides is 1. The molecule has 1 N–H and O–H groups in total. The van der Waals surface area contributed by atoms with Crippen molar-refractivity contribution in [3.8, 4) is 0 Å². The third-order valence-electron chi connectivity index (χ3n) is 3.92. The third-order valence-corrected chi connectivity index (χ3v) is 3.92. The van der Waals surface area contributed by atoms with Crippen LogP contribution in [0.2, 0.25) is 0 Å². The zero-order valence-electron chi connectivity index (χ0n) is 13.4. The van der Waals surface area contributed by atoms with E-state index in [-0.39, 0.29) is 22.7 Å². The predicted molar refractivity (Wildman–Crippen MR) is 81.6 cm³/mol. The summed E-state index contributed by atoms with van der Waals surface area (Å²) < 4.78 is 27.9. The minimum Gasteiger partial charge on any atom is -0.380 e. The van der Waals surface area contributed by atoms with Crippen molar-refractivity contribution in [3.63, 3.8) is 0 Å². The van der Waals surface area contributed by atoms with Crippen LogP contribution >= 0.6 is 0 Å². The van der Waals surface area contributed by atoms with E-state index in [1.165, 1.54) is 4.90 Å². The molecule has 1 aromatic rings. The smallest absolute Gasteiger partial charge is 0.254 e. The average molecular weight is 298 g/mol. The molecule has 0 saturated carbocycles. The van der Waals surface area contributed by atoms with Gasteiger partial charge in [0.05, 0.1) is 0 Å². The molecule has 118 valence electrons. The lowest BCUT2D eigenvalue weighted by Gasteiger charge is -2.35. The van der Waals surface area contributed by atoms with Crippen molar-refractivity contribution >= 4 is 11.6 Å². The number of hydrogen-bond acceptors (Lipinski definition) is 2. The number of rotatable bonds is 6. The van der Waals surface area contributed by atoms with Crippen molar-refractivity contribution in [2.45, 2.75) is 46.1 Å². The molecular weight excluding hydrogens is 274 g/mol. The molecule has 0 aliphatic heterocycles. The number of halogens is 2. The van der Waals surface area contributed by atoms with E-state index in [9.17, 15) is 13.6 Å². The Morgan fingerprint density at radius 3 is 2.19 bits per heavy atom. The van der Waals surface area contributed by atoms with E-state index in [0.29, 0.717) is 6.54 Å². The van der Waals surface area contributed by atoms with Crippen molar-refractivity contribution in [2.24, 2.45) is 0 Å². The normalized spacial score (nSPS) is 11.4. The quantitative estimate of drug-likeness (QED) is 0.859. The van der Waals surface area contributed by atoms with Gasteiger partial charge in [-0.3, -0.25) is 4.79 Å². The van der Waals surface area contributed by atoms with Gasteiger partial charge in [0, 0.05) is 24.7 Å². The number of nitrogens with one attached hydrogen (secondary N) is 1. The molecule has 0 atom stereocenters. The van der Waals surface area contributed by atoms with Gasteiger partial charge in [-0.15, -0.1) is 0 Å². The minimum absolute atomic E-state index is 0.0241. The van der Waals surface area contributed by atoms with Crippen LogP contribution in [0.15, 0.2) is 12.1 Å². The van der Waals surface area contributed by atoms with E-state index in [4.69, 9.17) is 0 Å². The van der Waals surface area contributed by atoms with Crippen LogP contribution < -0.4 is 5.32 Å². The molecular formula is C16H24F2N2O. The molecule has 0 aliphatic rings. The highest BCUT2D eigenvalue weighted by Crippen LogP contribution is 2.24. The van der Waals surface area contributed by atoms with Crippen LogP contribution in [0.5, 0.6) is 0 Å². The zero-order valence-corrected chi connectivity index (χ0v) is 13.4. The highest BCUT2D eigenvalue weighted by Gasteiger charge is 2.27. The van der Waals surface area contributed by atoms with Gasteiger partial charge in [-0.05, 0) is 38.8 Å². The van der Waals surface area contributed by atoms with Gasteiger partial charge in [0.2, 0.25) is 0 Å². The van der Waals surface area contributed by atoms with Crippen molar-refractivity contribution < 1.29 is 13.6 Å². The fraction of sp³-hybridized carbons (Fsp3) is 0.562. The van der Waals surface area contributed by atoms with Crippen molar-refractivity contribution in [2.75, 3.05) is 18.9 Å². The first-order valence-electron chi connectivity index (χ1n) is 7.25. The molecule has 0 spiro atoms. The van der Waals surface area contributed by atoms with Gasteiger partial charge in [0.1, 0.15) is 17.3 Å². The topological polar surface area (TPSA) is 32.3 Å². The molecule has 1 rings (SSSR count). The highest BCUT2D eigenvalue weighted by molar-refractivity contribution is 5.95. The predicted octanol–water partition coefficient (Wildman–Crippen LogP) is 4.05. The molecule has 0 aromatic heterocycles. The molecule has 5 heteroatoms. The molecule has 0 aliphatic carbocycles. The standard InChI is InChI=1S/C16H24F2N2O/c1-6-8-19-14-12(17)9-11(10-13(14)18)15(21)20(5)16(3,4)7-2/h9-10,19H,6-8H2,1-5H3. The second-order valence-electron chi connectivity index (χ2n) is 5.77. The van der Waals surface area contributed by atoms with Crippen molar-refractivity contribution in [3.05, 3.63) is 29.3 Å². The second-order valence-corrected chi connectivity index (χ2v) is 5.77. The summed E-state index contributed by atoms with van der Waals surface area (Å²) in [4.78, 5) is 13.9. The average Bonchev–Trinajstić information content (AvgIpc) is 2.44. The van der Waals surface area contributed by atoms with Gasteiger partial charge >= 0.3 is 0 Å². The molecule has 0 bridgehead atoms. The Morgan fingerprint density at radius 1 is 1.24 bits per heavy atom. The SMILES string of the molecule is CCCNc1c(F)cc(C(=O)N(C)C(C)(C)CC)cc1F. The Bertz CT molecular complexity index is 492. The molecule has 1 amide bonds. The monoisotopic (exact) mass is 298 g/mol. The third kappa shape index (κ3) is 3.93. The van der Waals surface area contributed by atoms with Crippen LogP contribution in [0, 0.1) is 11.6 Å². The van der Waals surface area contributed by atoms with E-state index in [1.807, 2.05) is 27.7 Å². The van der Waals surface area contributed by atoms with Gasteiger partial charge in [0.25, 0.3) is 5.91 Å². The minimum atomic E-state index is -0.741. The molecule has 0 saturated heterocycles. The van der Waals surface area contributed by atoms with E-state index in [1.54, 1.807) is 7.05 Å². The number of hydrogen-bond donors (Lipinski definition) is 1. The van der Waals surface area contributed by atoms with Crippen LogP contribution in [0.3, 0.4) is 0 Å². The summed E-state index contributed by atoms with van der Waals surface area (Å²) >= 11 is 0. The Kier molecular flexibility index (Phi) is 5.70. The fourth-order valence-electron chi connectivity index (χ4n) is 1.82. The lowest BCUT2D eigenvalue weighted by Crippen LogP contribution is -2.44. The number of benzene rings is 1. The van der Waals surface area contributed by atoms with Crippen LogP contribution in [0.1, 0.15) is 50.9 Å². The van der Waals surface area contributed by atoms with Gasteiger partial charge < -0.3 is 10.2 Å². The number of nitrogens with zero attached hydrogens (tertiary/aromatic N) is 1. The summed E-state index contributed by atoms with van der Waals surface area (Å²) in [5.74, 6) is -1.87. The lowest BCUT2D eigenvalue weighted by atomic mass is 9.98. The molecule has 21 heavy (non-hydrogen) atoms. The van der Waals surface area contributed by atoms with E-state index >= 15 is 0 Å². The number of carbonyl (C=O) groups excluding carboxylic acids is 1. The first-order valence-corrected chi connectivity index (χ1v) is 7.25. The number of carbonyl (C=O) groups is 1. The molecule has 0 fully saturated rings. The van der Waals surface area contributed by atoms with Gasteiger partial charge in [-0.25, -0.2) is 8.78 Å². The molecule has 3 nitrogen and oxygen atoms in total. The van der Waals surface area contributed by atoms with Crippen LogP contribution in [0.25, 0.3) is 0 Å². The maximum Gasteiger partial charge on any atom is 0.254 e. The van der Waals surface area contributed by atoms with Gasteiger partial charge in [-0.1, -0.05) is 13.8 Å². The summed E-state index contributed by atoms with van der Waals surface area (Å²) in [6.45, 7) is 8.17. The highest BCUT2D eigenvalue weighted by atomic mass is 19.1. The molecule has 1 aromatic carbocycles. The Balaban J connectivity index is 3.08. The largest absolute Gasteiger partial charge is 0.380 e. The van der Waals surface area contributed by atoms with Crippen LogP contribution in [-0.4, -0.2) is 29.9 Å². The van der Waals surface area contributed by atoms with E-state index in [2.05, 4.69) is 5.32 Å². The molecule has 0 heterocycles. The lowest BCUT2D eigenvalue weighted by molar-refractivity contribution is 0.0619. The summed E-state index contributed by atoms with van der Waals surface area (Å²) in [5, 5.41) is 2.69. The van der Waals surface area contributed by atoms with Crippen molar-refractivity contribution in [1.29, 1.82) is 0 Å². The second kappa shape index (κ2) is 6.87. The first-order chi connectivity index (χ1) is 9.74. The van der Waals surface area contributed by atoms with Crippen LogP contribution in [-0.2, 0) is 0 Å². The van der Waals surface area contributed by atoms with Crippen molar-refractivity contribution in [1.82, 2.24) is 4.90 Å². The maximum absolute atomic E-state index is 14.0. The maximum atomic E-state index is 14.0. The molecule has 0 unspecified atom stereocenters. The Hall–Kier alpha value is -1.65. The summed E-state index contributed by atoms with van der Waals surface area (Å²) in [6, 6.07) is 2.18.